The molecule has 0 bridgehead atoms. The number of carbonyl (C=O) groups is 1. The maximum absolute atomic E-state index is 12.6. The molecule has 144 valence electrons. The Balaban J connectivity index is 1.63. The standard InChI is InChI=1S/C20H21F2NO3S/c21-20(22)26-17-9-3-1-6-14(17)12-23-19(24)16-8-2-4-10-18(16)27-13-15-7-5-11-25-15/h1-4,6,8-10,15,20H,5,7,11-13H2,(H,23,24). The minimum atomic E-state index is -2.91. The third kappa shape index (κ3) is 5.68. The smallest absolute Gasteiger partial charge is 0.387 e. The van der Waals surface area contributed by atoms with Gasteiger partial charge >= 0.3 is 6.61 Å². The average Bonchev–Trinajstić information content (AvgIpc) is 3.19. The first kappa shape index (κ1) is 19.6. The highest BCUT2D eigenvalue weighted by atomic mass is 32.2. The number of hydrogen-bond donors (Lipinski definition) is 1. The number of hydrogen-bond acceptors (Lipinski definition) is 4. The van der Waals surface area contributed by atoms with Gasteiger partial charge in [0, 0.05) is 29.4 Å². The third-order valence-electron chi connectivity index (χ3n) is 4.21. The summed E-state index contributed by atoms with van der Waals surface area (Å²) in [5.74, 6) is 0.612. The Morgan fingerprint density at radius 3 is 2.78 bits per heavy atom. The second-order valence-electron chi connectivity index (χ2n) is 6.11. The number of benzene rings is 2. The number of halogens is 2. The molecule has 0 aromatic heterocycles. The number of amides is 1. The van der Waals surface area contributed by atoms with E-state index in [9.17, 15) is 13.6 Å². The van der Waals surface area contributed by atoms with E-state index in [1.54, 1.807) is 42.1 Å². The Bertz CT molecular complexity index is 766. The molecule has 0 saturated carbocycles. The highest BCUT2D eigenvalue weighted by molar-refractivity contribution is 7.99. The van der Waals surface area contributed by atoms with Crippen molar-refractivity contribution in [2.24, 2.45) is 0 Å². The lowest BCUT2D eigenvalue weighted by atomic mass is 10.1. The minimum absolute atomic E-state index is 0.0637. The molecule has 1 N–H and O–H groups in total. The molecule has 4 nitrogen and oxygen atoms in total. The van der Waals surface area contributed by atoms with E-state index in [0.717, 1.165) is 30.1 Å². The van der Waals surface area contributed by atoms with Crippen LogP contribution < -0.4 is 10.1 Å². The third-order valence-corrected chi connectivity index (χ3v) is 5.41. The molecular weight excluding hydrogens is 372 g/mol. The lowest BCUT2D eigenvalue weighted by molar-refractivity contribution is -0.0504. The number of para-hydroxylation sites is 1. The van der Waals surface area contributed by atoms with Crippen molar-refractivity contribution >= 4 is 17.7 Å². The van der Waals surface area contributed by atoms with E-state index in [1.807, 2.05) is 12.1 Å². The Morgan fingerprint density at radius 1 is 1.22 bits per heavy atom. The van der Waals surface area contributed by atoms with Crippen molar-refractivity contribution in [1.29, 1.82) is 0 Å². The molecule has 1 amide bonds. The summed E-state index contributed by atoms with van der Waals surface area (Å²) in [6, 6.07) is 13.8. The van der Waals surface area contributed by atoms with Gasteiger partial charge in [-0.05, 0) is 31.0 Å². The van der Waals surface area contributed by atoms with Gasteiger partial charge < -0.3 is 14.8 Å². The van der Waals surface area contributed by atoms with Gasteiger partial charge in [0.15, 0.2) is 0 Å². The predicted octanol–water partition coefficient (Wildman–Crippen LogP) is 4.49. The van der Waals surface area contributed by atoms with Crippen LogP contribution in [-0.2, 0) is 11.3 Å². The second-order valence-corrected chi connectivity index (χ2v) is 7.17. The summed E-state index contributed by atoms with van der Waals surface area (Å²) in [4.78, 5) is 13.5. The Labute approximate surface area is 161 Å². The second kappa shape index (κ2) is 9.71. The monoisotopic (exact) mass is 393 g/mol. The lowest BCUT2D eigenvalue weighted by Gasteiger charge is -2.14. The van der Waals surface area contributed by atoms with E-state index >= 15 is 0 Å². The van der Waals surface area contributed by atoms with Gasteiger partial charge in [0.2, 0.25) is 0 Å². The molecule has 2 aromatic carbocycles. The summed E-state index contributed by atoms with van der Waals surface area (Å²) >= 11 is 1.60. The number of ether oxygens (including phenoxy) is 2. The molecule has 0 radical (unpaired) electrons. The topological polar surface area (TPSA) is 47.6 Å². The van der Waals surface area contributed by atoms with Gasteiger partial charge in [-0.3, -0.25) is 4.79 Å². The van der Waals surface area contributed by atoms with Crippen molar-refractivity contribution in [2.75, 3.05) is 12.4 Å². The summed E-state index contributed by atoms with van der Waals surface area (Å²) in [6.07, 6.45) is 2.35. The van der Waals surface area contributed by atoms with Crippen LogP contribution >= 0.6 is 11.8 Å². The highest BCUT2D eigenvalue weighted by Gasteiger charge is 2.18. The fourth-order valence-corrected chi connectivity index (χ4v) is 3.99. The molecule has 27 heavy (non-hydrogen) atoms. The number of nitrogens with one attached hydrogen (secondary N) is 1. The number of thioether (sulfide) groups is 1. The van der Waals surface area contributed by atoms with Crippen LogP contribution in [-0.4, -0.2) is 31.0 Å². The zero-order valence-electron chi connectivity index (χ0n) is 14.7. The van der Waals surface area contributed by atoms with Gasteiger partial charge in [-0.15, -0.1) is 11.8 Å². The van der Waals surface area contributed by atoms with Crippen LogP contribution in [0, 0.1) is 0 Å². The largest absolute Gasteiger partial charge is 0.434 e. The summed E-state index contributed by atoms with van der Waals surface area (Å²) in [5, 5.41) is 2.79. The van der Waals surface area contributed by atoms with Crippen LogP contribution in [0.1, 0.15) is 28.8 Å². The Kier molecular flexibility index (Phi) is 7.06. The van der Waals surface area contributed by atoms with E-state index in [0.29, 0.717) is 11.1 Å². The maximum atomic E-state index is 12.6. The zero-order valence-corrected chi connectivity index (χ0v) is 15.5. The quantitative estimate of drug-likeness (QED) is 0.672. The van der Waals surface area contributed by atoms with Crippen molar-refractivity contribution < 1.29 is 23.0 Å². The first-order chi connectivity index (χ1) is 13.1. The Hall–Kier alpha value is -2.12. The molecular formula is C20H21F2NO3S. The predicted molar refractivity (Wildman–Crippen MR) is 100 cm³/mol. The van der Waals surface area contributed by atoms with Crippen LogP contribution in [0.15, 0.2) is 53.4 Å². The normalized spacial score (nSPS) is 16.5. The van der Waals surface area contributed by atoms with Crippen molar-refractivity contribution in [3.63, 3.8) is 0 Å². The van der Waals surface area contributed by atoms with Gasteiger partial charge in [-0.2, -0.15) is 8.78 Å². The summed E-state index contributed by atoms with van der Waals surface area (Å²) in [5.41, 5.74) is 1.06. The first-order valence-corrected chi connectivity index (χ1v) is 9.76. The van der Waals surface area contributed by atoms with Gasteiger partial charge in [0.25, 0.3) is 5.91 Å². The molecule has 1 fully saturated rings. The molecule has 1 aliphatic rings. The van der Waals surface area contributed by atoms with Crippen LogP contribution in [0.5, 0.6) is 5.75 Å². The molecule has 7 heteroatoms. The van der Waals surface area contributed by atoms with E-state index in [-0.39, 0.29) is 24.3 Å². The maximum Gasteiger partial charge on any atom is 0.387 e. The molecule has 0 spiro atoms. The van der Waals surface area contributed by atoms with E-state index in [1.165, 1.54) is 6.07 Å². The molecule has 1 aliphatic heterocycles. The SMILES string of the molecule is O=C(NCc1ccccc1OC(F)F)c1ccccc1SCC1CCCO1. The fraction of sp³-hybridized carbons (Fsp3) is 0.350. The molecule has 2 aromatic rings. The Morgan fingerprint density at radius 2 is 2.00 bits per heavy atom. The van der Waals surface area contributed by atoms with Crippen LogP contribution in [0.4, 0.5) is 8.78 Å². The van der Waals surface area contributed by atoms with Gasteiger partial charge in [0.1, 0.15) is 5.75 Å². The van der Waals surface area contributed by atoms with E-state index < -0.39 is 6.61 Å². The van der Waals surface area contributed by atoms with Crippen molar-refractivity contribution in [3.8, 4) is 5.75 Å². The molecule has 1 saturated heterocycles. The van der Waals surface area contributed by atoms with Crippen molar-refractivity contribution in [1.82, 2.24) is 5.32 Å². The lowest BCUT2D eigenvalue weighted by Crippen LogP contribution is -2.24. The van der Waals surface area contributed by atoms with Crippen LogP contribution in [0.25, 0.3) is 0 Å². The molecule has 1 unspecified atom stereocenters. The molecule has 3 rings (SSSR count). The van der Waals surface area contributed by atoms with Crippen molar-refractivity contribution in [2.45, 2.75) is 37.0 Å². The van der Waals surface area contributed by atoms with Crippen LogP contribution in [0.2, 0.25) is 0 Å². The van der Waals surface area contributed by atoms with Gasteiger partial charge in [-0.1, -0.05) is 30.3 Å². The number of carbonyl (C=O) groups excluding carboxylic acids is 1. The minimum Gasteiger partial charge on any atom is -0.434 e. The number of alkyl halides is 2. The van der Waals surface area contributed by atoms with Gasteiger partial charge in [-0.25, -0.2) is 0 Å². The number of rotatable bonds is 8. The van der Waals surface area contributed by atoms with E-state index in [2.05, 4.69) is 10.1 Å². The summed E-state index contributed by atoms with van der Waals surface area (Å²) in [7, 11) is 0. The van der Waals surface area contributed by atoms with Gasteiger partial charge in [0.05, 0.1) is 11.7 Å². The zero-order chi connectivity index (χ0) is 19.1. The summed E-state index contributed by atoms with van der Waals surface area (Å²) < 4.78 is 35.1. The van der Waals surface area contributed by atoms with E-state index in [4.69, 9.17) is 4.74 Å². The van der Waals surface area contributed by atoms with Crippen molar-refractivity contribution in [3.05, 3.63) is 59.7 Å². The molecule has 0 aliphatic carbocycles. The molecule has 1 atom stereocenters. The highest BCUT2D eigenvalue weighted by Crippen LogP contribution is 2.27. The summed E-state index contributed by atoms with van der Waals surface area (Å²) in [6.45, 7) is -2.00. The average molecular weight is 393 g/mol. The first-order valence-electron chi connectivity index (χ1n) is 8.78. The molecule has 1 heterocycles. The fourth-order valence-electron chi connectivity index (χ4n) is 2.87. The van der Waals surface area contributed by atoms with Crippen LogP contribution in [0.3, 0.4) is 0 Å².